The van der Waals surface area contributed by atoms with E-state index in [2.05, 4.69) is 70.9 Å². The van der Waals surface area contributed by atoms with Crippen LogP contribution in [-0.4, -0.2) is 36.9 Å². The number of unbranched alkanes of at least 4 members (excludes halogenated alkanes) is 1. The van der Waals surface area contributed by atoms with Crippen molar-refractivity contribution in [2.24, 2.45) is 0 Å². The van der Waals surface area contributed by atoms with Gasteiger partial charge in [-0.15, -0.1) is 0 Å². The molecule has 0 N–H and O–H groups in total. The van der Waals surface area contributed by atoms with Gasteiger partial charge in [0, 0.05) is 23.9 Å². The first kappa shape index (κ1) is 25.8. The molecule has 0 bridgehead atoms. The molecule has 3 rings (SSSR count). The van der Waals surface area contributed by atoms with Crippen molar-refractivity contribution in [3.8, 4) is 5.75 Å². The first-order valence-electron chi connectivity index (χ1n) is 11.0. The van der Waals surface area contributed by atoms with Crippen LogP contribution in [-0.2, 0) is 6.42 Å². The predicted octanol–water partition coefficient (Wildman–Crippen LogP) is 7.59. The number of carbonyl (C=O) groups is 1. The van der Waals surface area contributed by atoms with Crippen molar-refractivity contribution < 1.29 is 13.9 Å². The maximum Gasteiger partial charge on any atom is 0.198 e. The summed E-state index contributed by atoms with van der Waals surface area (Å²) in [6, 6.07) is 9.54. The fourth-order valence-corrected chi connectivity index (χ4v) is 5.90. The van der Waals surface area contributed by atoms with Crippen LogP contribution < -0.4 is 4.74 Å². The van der Waals surface area contributed by atoms with E-state index in [1.807, 2.05) is 30.3 Å². The summed E-state index contributed by atoms with van der Waals surface area (Å²) >= 11 is 11.1. The highest BCUT2D eigenvalue weighted by Crippen LogP contribution is 2.38. The Labute approximate surface area is 222 Å². The van der Waals surface area contributed by atoms with Crippen LogP contribution in [0.2, 0.25) is 5.02 Å². The van der Waals surface area contributed by atoms with Crippen molar-refractivity contribution in [1.29, 1.82) is 0 Å². The summed E-state index contributed by atoms with van der Waals surface area (Å²) in [4.78, 5) is 16.0. The minimum atomic E-state index is -0.100. The van der Waals surface area contributed by atoms with Gasteiger partial charge in [0.25, 0.3) is 0 Å². The molecule has 3 aromatic rings. The molecule has 1 aromatic heterocycles. The van der Waals surface area contributed by atoms with Crippen molar-refractivity contribution in [3.05, 3.63) is 59.4 Å². The van der Waals surface area contributed by atoms with Crippen molar-refractivity contribution >= 4 is 73.5 Å². The van der Waals surface area contributed by atoms with Crippen LogP contribution in [0, 0.1) is 7.14 Å². The van der Waals surface area contributed by atoms with Crippen molar-refractivity contribution in [1.82, 2.24) is 4.90 Å². The molecule has 0 saturated heterocycles. The number of para-hydroxylation sites is 1. The zero-order valence-electron chi connectivity index (χ0n) is 18.6. The average molecular weight is 680 g/mol. The Bertz CT molecular complexity index is 1090. The normalized spacial score (nSPS) is 11.5. The van der Waals surface area contributed by atoms with E-state index in [4.69, 9.17) is 20.8 Å². The molecule has 0 aliphatic rings. The number of halogens is 3. The minimum absolute atomic E-state index is 0.100. The number of ketones is 1. The molecule has 0 saturated carbocycles. The number of furan rings is 1. The summed E-state index contributed by atoms with van der Waals surface area (Å²) < 4.78 is 13.8. The van der Waals surface area contributed by atoms with Gasteiger partial charge in [-0.05, 0) is 76.8 Å². The van der Waals surface area contributed by atoms with Crippen LogP contribution in [0.25, 0.3) is 11.0 Å². The summed E-state index contributed by atoms with van der Waals surface area (Å²) in [5.41, 5.74) is 1.84. The van der Waals surface area contributed by atoms with Crippen LogP contribution in [0.5, 0.6) is 5.75 Å². The molecular weight excluding hydrogens is 652 g/mol. The first-order valence-corrected chi connectivity index (χ1v) is 13.5. The standard InChI is InChI=1S/C25H28ClI2NO3/c1-4-7-11-20-21(16-10-8-9-12-19(16)32-20)24(30)17-15-18(27)25(23(28)22(17)26)31-14-13-29(5-2)6-3/h8-10,12,15H,4-7,11,13-14H2,1-3H3. The van der Waals surface area contributed by atoms with Gasteiger partial charge in [-0.2, -0.15) is 0 Å². The van der Waals surface area contributed by atoms with E-state index >= 15 is 0 Å². The summed E-state index contributed by atoms with van der Waals surface area (Å²) in [5, 5.41) is 1.27. The molecule has 0 aliphatic carbocycles. The second kappa shape index (κ2) is 12.0. The smallest absolute Gasteiger partial charge is 0.198 e. The zero-order valence-corrected chi connectivity index (χ0v) is 23.7. The highest BCUT2D eigenvalue weighted by Gasteiger charge is 2.26. The maximum absolute atomic E-state index is 13.7. The van der Waals surface area contributed by atoms with Crippen LogP contribution in [0.15, 0.2) is 34.7 Å². The summed E-state index contributed by atoms with van der Waals surface area (Å²) in [6.45, 7) is 9.81. The van der Waals surface area contributed by atoms with Crippen molar-refractivity contribution in [3.63, 3.8) is 0 Å². The lowest BCUT2D eigenvalue weighted by atomic mass is 9.98. The Balaban J connectivity index is 1.96. The van der Waals surface area contributed by atoms with Crippen LogP contribution in [0.1, 0.15) is 55.3 Å². The lowest BCUT2D eigenvalue weighted by molar-refractivity contribution is 0.103. The average Bonchev–Trinajstić information content (AvgIpc) is 3.17. The molecule has 0 aliphatic heterocycles. The Morgan fingerprint density at radius 1 is 1.16 bits per heavy atom. The Hall–Kier alpha value is -0.840. The molecule has 1 heterocycles. The number of carbonyl (C=O) groups excluding carboxylic acids is 1. The largest absolute Gasteiger partial charge is 0.490 e. The van der Waals surface area contributed by atoms with Crippen LogP contribution in [0.4, 0.5) is 0 Å². The fourth-order valence-electron chi connectivity index (χ4n) is 3.69. The van der Waals surface area contributed by atoms with Gasteiger partial charge in [-0.1, -0.05) is 57.0 Å². The highest BCUT2D eigenvalue weighted by molar-refractivity contribution is 14.1. The zero-order chi connectivity index (χ0) is 23.3. The van der Waals surface area contributed by atoms with Crippen molar-refractivity contribution in [2.45, 2.75) is 40.0 Å². The molecule has 0 fully saturated rings. The highest BCUT2D eigenvalue weighted by atomic mass is 127. The predicted molar refractivity (Wildman–Crippen MR) is 148 cm³/mol. The van der Waals surface area contributed by atoms with Crippen LogP contribution in [0.3, 0.4) is 0 Å². The lowest BCUT2D eigenvalue weighted by Crippen LogP contribution is -2.28. The molecule has 0 spiro atoms. The monoisotopic (exact) mass is 679 g/mol. The number of likely N-dealkylation sites (N-methyl/N-ethyl adjacent to an activating group) is 1. The molecular formula is C25H28ClI2NO3. The third kappa shape index (κ3) is 5.62. The number of hydrogen-bond acceptors (Lipinski definition) is 4. The minimum Gasteiger partial charge on any atom is -0.490 e. The van der Waals surface area contributed by atoms with E-state index in [1.165, 1.54) is 0 Å². The number of hydrogen-bond donors (Lipinski definition) is 0. The summed E-state index contributed by atoms with van der Waals surface area (Å²) in [5.74, 6) is 1.37. The fraction of sp³-hybridized carbons (Fsp3) is 0.400. The first-order chi connectivity index (χ1) is 15.4. The molecule has 7 heteroatoms. The molecule has 0 atom stereocenters. The number of rotatable bonds is 11. The summed E-state index contributed by atoms with van der Waals surface area (Å²) in [6.07, 6.45) is 2.72. The second-order valence-corrected chi connectivity index (χ2v) is 10.2. The van der Waals surface area contributed by atoms with Gasteiger partial charge in [0.2, 0.25) is 0 Å². The molecule has 0 unspecified atom stereocenters. The van der Waals surface area contributed by atoms with Crippen molar-refractivity contribution in [2.75, 3.05) is 26.2 Å². The quantitative estimate of drug-likeness (QED) is 0.119. The second-order valence-electron chi connectivity index (χ2n) is 7.57. The molecule has 4 nitrogen and oxygen atoms in total. The number of ether oxygens (including phenoxy) is 1. The SMILES string of the molecule is CCCCc1oc2ccccc2c1C(=O)c1cc(I)c(OCCN(CC)CC)c(I)c1Cl. The van der Waals surface area contributed by atoms with Crippen LogP contribution >= 0.6 is 56.8 Å². The molecule has 32 heavy (non-hydrogen) atoms. The Morgan fingerprint density at radius 3 is 2.56 bits per heavy atom. The number of nitrogens with zero attached hydrogens (tertiary/aromatic N) is 1. The molecule has 0 amide bonds. The third-order valence-corrected chi connectivity index (χ3v) is 8.10. The van der Waals surface area contributed by atoms with Gasteiger partial charge in [0.05, 0.1) is 17.7 Å². The molecule has 172 valence electrons. The van der Waals surface area contributed by atoms with Gasteiger partial charge >= 0.3 is 0 Å². The van der Waals surface area contributed by atoms with E-state index < -0.39 is 0 Å². The maximum atomic E-state index is 13.7. The number of benzene rings is 2. The van der Waals surface area contributed by atoms with Gasteiger partial charge < -0.3 is 14.1 Å². The van der Waals surface area contributed by atoms with E-state index in [0.29, 0.717) is 22.8 Å². The van der Waals surface area contributed by atoms with Gasteiger partial charge in [-0.25, -0.2) is 0 Å². The number of aryl methyl sites for hydroxylation is 1. The van der Waals surface area contributed by atoms with E-state index in [-0.39, 0.29) is 5.78 Å². The number of fused-ring (bicyclic) bond motifs is 1. The third-order valence-electron chi connectivity index (χ3n) is 5.56. The molecule has 2 aromatic carbocycles. The topological polar surface area (TPSA) is 42.7 Å². The lowest BCUT2D eigenvalue weighted by Gasteiger charge is -2.19. The van der Waals surface area contributed by atoms with E-state index in [1.54, 1.807) is 0 Å². The van der Waals surface area contributed by atoms with E-state index in [0.717, 1.165) is 68.5 Å². The van der Waals surface area contributed by atoms with E-state index in [9.17, 15) is 4.79 Å². The van der Waals surface area contributed by atoms with Gasteiger partial charge in [-0.3, -0.25) is 4.79 Å². The Morgan fingerprint density at radius 2 is 1.88 bits per heavy atom. The Kier molecular flexibility index (Phi) is 9.70. The molecule has 0 radical (unpaired) electrons. The summed E-state index contributed by atoms with van der Waals surface area (Å²) in [7, 11) is 0. The van der Waals surface area contributed by atoms with Gasteiger partial charge in [0.15, 0.2) is 5.78 Å². The van der Waals surface area contributed by atoms with Gasteiger partial charge in [0.1, 0.15) is 23.7 Å².